The summed E-state index contributed by atoms with van der Waals surface area (Å²) in [6.45, 7) is 4.13. The van der Waals surface area contributed by atoms with Gasteiger partial charge in [-0.3, -0.25) is 24.8 Å². The van der Waals surface area contributed by atoms with Crippen molar-refractivity contribution < 1.29 is 14.4 Å². The fraction of sp³-hybridized carbons (Fsp3) is 0.364. The van der Waals surface area contributed by atoms with Gasteiger partial charge in [-0.2, -0.15) is 0 Å². The lowest BCUT2D eigenvalue weighted by atomic mass is 9.87. The molecule has 0 aliphatic rings. The molecule has 2 unspecified atom stereocenters. The molecule has 234 valence electrons. The first-order chi connectivity index (χ1) is 20.9. The van der Waals surface area contributed by atoms with E-state index in [1.54, 1.807) is 19.2 Å². The van der Waals surface area contributed by atoms with Gasteiger partial charge >= 0.3 is 0 Å². The van der Waals surface area contributed by atoms with E-state index in [9.17, 15) is 14.4 Å². The summed E-state index contributed by atoms with van der Waals surface area (Å²) in [6.07, 6.45) is 1.66. The normalized spacial score (nSPS) is 13.7. The smallest absolute Gasteiger partial charge is 0.243 e. The lowest BCUT2D eigenvalue weighted by Crippen LogP contribution is -2.56. The largest absolute Gasteiger partial charge is 0.384 e. The molecular formula is C33H44N8O3. The Labute approximate surface area is 258 Å². The average molecular weight is 601 g/mol. The lowest BCUT2D eigenvalue weighted by Gasteiger charge is -2.35. The highest BCUT2D eigenvalue weighted by Crippen LogP contribution is 2.29. The first-order valence-electron chi connectivity index (χ1n) is 14.8. The number of primary amides is 1. The number of likely N-dealkylation sites (N-methyl/N-ethyl adjacent to an activating group) is 1. The number of fused-ring (bicyclic) bond motifs is 1. The van der Waals surface area contributed by atoms with E-state index in [1.165, 1.54) is 4.90 Å². The first-order valence-corrected chi connectivity index (χ1v) is 14.8. The van der Waals surface area contributed by atoms with Crippen LogP contribution >= 0.6 is 0 Å². The Morgan fingerprint density at radius 3 is 2.20 bits per heavy atom. The standard InChI is InChI=1S/C33H44N8O3/c1-4-20(2)28(31(43)40-27(30(36)42)10-7-17-39-33(37)38)41(3)32(44)26(18-21-11-13-23(14-12-21)29(34)35)25-16-15-22-8-5-6-9-24(22)19-25/h5-6,8-9,11-16,19-20,26-28H,4,7,10,17-18H2,1-3H3,(H3,34,35)(H2,36,42)(H,40,43)(H4,37,38,39)/t20?,26?,27-,28-/m0/s1. The summed E-state index contributed by atoms with van der Waals surface area (Å²) in [4.78, 5) is 45.7. The van der Waals surface area contributed by atoms with E-state index in [1.807, 2.05) is 68.4 Å². The Morgan fingerprint density at radius 1 is 0.955 bits per heavy atom. The van der Waals surface area contributed by atoms with Crippen LogP contribution in [0.1, 0.15) is 55.7 Å². The molecule has 10 N–H and O–H groups in total. The van der Waals surface area contributed by atoms with Crippen LogP contribution in [0.4, 0.5) is 0 Å². The molecule has 0 aliphatic heterocycles. The van der Waals surface area contributed by atoms with Crippen molar-refractivity contribution in [3.05, 3.63) is 83.4 Å². The van der Waals surface area contributed by atoms with Gasteiger partial charge in [0.2, 0.25) is 17.7 Å². The average Bonchev–Trinajstić information content (AvgIpc) is 3.00. The van der Waals surface area contributed by atoms with Crippen LogP contribution in [0.25, 0.3) is 10.8 Å². The minimum atomic E-state index is -0.942. The van der Waals surface area contributed by atoms with E-state index in [-0.39, 0.29) is 36.6 Å². The monoisotopic (exact) mass is 600 g/mol. The molecule has 11 heteroatoms. The van der Waals surface area contributed by atoms with Gasteiger partial charge in [0, 0.05) is 19.2 Å². The fourth-order valence-electron chi connectivity index (χ4n) is 5.30. The Bertz CT molecular complexity index is 1500. The van der Waals surface area contributed by atoms with E-state index in [2.05, 4.69) is 10.3 Å². The van der Waals surface area contributed by atoms with Crippen LogP contribution < -0.4 is 28.3 Å². The molecule has 0 radical (unpaired) electrons. The molecule has 0 heterocycles. The van der Waals surface area contributed by atoms with Gasteiger partial charge < -0.3 is 33.2 Å². The number of amides is 3. The van der Waals surface area contributed by atoms with E-state index in [4.69, 9.17) is 28.3 Å². The van der Waals surface area contributed by atoms with E-state index in [0.29, 0.717) is 24.8 Å². The summed E-state index contributed by atoms with van der Waals surface area (Å²) in [5.74, 6) is -2.29. The zero-order valence-electron chi connectivity index (χ0n) is 25.6. The maximum atomic E-state index is 14.4. The van der Waals surface area contributed by atoms with Crippen molar-refractivity contribution in [1.82, 2.24) is 10.2 Å². The number of hydrogen-bond donors (Lipinski definition) is 6. The lowest BCUT2D eigenvalue weighted by molar-refractivity contribution is -0.142. The van der Waals surface area contributed by atoms with Gasteiger partial charge in [0.05, 0.1) is 5.92 Å². The van der Waals surface area contributed by atoms with Gasteiger partial charge in [0.15, 0.2) is 5.96 Å². The quantitative estimate of drug-likeness (QED) is 0.0876. The number of hydrogen-bond acceptors (Lipinski definition) is 5. The van der Waals surface area contributed by atoms with Crippen LogP contribution in [0, 0.1) is 11.3 Å². The molecule has 3 aromatic carbocycles. The second-order valence-electron chi connectivity index (χ2n) is 11.2. The van der Waals surface area contributed by atoms with Crippen LogP contribution in [0.5, 0.6) is 0 Å². The molecule has 0 saturated heterocycles. The molecule has 0 aliphatic carbocycles. The molecule has 3 amide bonds. The number of nitrogens with one attached hydrogen (secondary N) is 2. The van der Waals surface area contributed by atoms with Crippen LogP contribution in [0.15, 0.2) is 71.7 Å². The molecule has 11 nitrogen and oxygen atoms in total. The Hall–Kier alpha value is -4.93. The summed E-state index contributed by atoms with van der Waals surface area (Å²) in [5.41, 5.74) is 24.3. The topological polar surface area (TPSA) is 207 Å². The van der Waals surface area contributed by atoms with Crippen LogP contribution in [0.2, 0.25) is 0 Å². The highest BCUT2D eigenvalue weighted by atomic mass is 16.2. The van der Waals surface area contributed by atoms with Gasteiger partial charge in [-0.1, -0.05) is 87.0 Å². The third-order valence-corrected chi connectivity index (χ3v) is 8.00. The number of aliphatic imine (C=N–C) groups is 1. The third-order valence-electron chi connectivity index (χ3n) is 8.00. The fourth-order valence-corrected chi connectivity index (χ4v) is 5.30. The molecule has 3 rings (SSSR count). The molecule has 3 aromatic rings. The summed E-state index contributed by atoms with van der Waals surface area (Å²) in [6, 6.07) is 19.3. The van der Waals surface area contributed by atoms with Gasteiger partial charge in [-0.15, -0.1) is 0 Å². The molecule has 0 saturated carbocycles. The summed E-state index contributed by atoms with van der Waals surface area (Å²) in [7, 11) is 1.63. The molecule has 0 bridgehead atoms. The maximum Gasteiger partial charge on any atom is 0.243 e. The number of nitrogen functional groups attached to an aromatic ring is 1. The molecule has 4 atom stereocenters. The number of rotatable bonds is 15. The van der Waals surface area contributed by atoms with E-state index < -0.39 is 29.8 Å². The Kier molecular flexibility index (Phi) is 11.8. The second kappa shape index (κ2) is 15.5. The predicted molar refractivity (Wildman–Crippen MR) is 175 cm³/mol. The molecule has 44 heavy (non-hydrogen) atoms. The van der Waals surface area contributed by atoms with Gasteiger partial charge in [-0.05, 0) is 47.1 Å². The highest BCUT2D eigenvalue weighted by Gasteiger charge is 2.36. The van der Waals surface area contributed by atoms with Crippen molar-refractivity contribution in [3.63, 3.8) is 0 Å². The predicted octanol–water partition coefficient (Wildman–Crippen LogP) is 2.35. The number of nitrogens with two attached hydrogens (primary N) is 4. The van der Waals surface area contributed by atoms with E-state index >= 15 is 0 Å². The van der Waals surface area contributed by atoms with Gasteiger partial charge in [0.1, 0.15) is 17.9 Å². The second-order valence-corrected chi connectivity index (χ2v) is 11.2. The Balaban J connectivity index is 1.94. The van der Waals surface area contributed by atoms with Crippen LogP contribution in [0.3, 0.4) is 0 Å². The van der Waals surface area contributed by atoms with Crippen molar-refractivity contribution in [2.45, 2.75) is 57.5 Å². The van der Waals surface area contributed by atoms with Gasteiger partial charge in [0.25, 0.3) is 0 Å². The van der Waals surface area contributed by atoms with Crippen molar-refractivity contribution in [1.29, 1.82) is 5.41 Å². The summed E-state index contributed by atoms with van der Waals surface area (Å²) < 4.78 is 0. The van der Waals surface area contributed by atoms with Gasteiger partial charge in [-0.25, -0.2) is 0 Å². The zero-order chi connectivity index (χ0) is 32.4. The molecular weight excluding hydrogens is 556 g/mol. The van der Waals surface area contributed by atoms with Crippen LogP contribution in [-0.2, 0) is 20.8 Å². The molecule has 0 spiro atoms. The number of carbonyl (C=O) groups is 3. The van der Waals surface area contributed by atoms with Crippen molar-refractivity contribution in [3.8, 4) is 0 Å². The van der Waals surface area contributed by atoms with Crippen molar-refractivity contribution in [2.75, 3.05) is 13.6 Å². The number of benzene rings is 3. The minimum absolute atomic E-state index is 0.0358. The van der Waals surface area contributed by atoms with Crippen LogP contribution in [-0.4, -0.2) is 60.1 Å². The van der Waals surface area contributed by atoms with E-state index in [0.717, 1.165) is 21.9 Å². The number of guanidine groups is 1. The third kappa shape index (κ3) is 8.79. The zero-order valence-corrected chi connectivity index (χ0v) is 25.6. The first kappa shape index (κ1) is 33.6. The number of nitrogens with zero attached hydrogens (tertiary/aromatic N) is 2. The van der Waals surface area contributed by atoms with Crippen molar-refractivity contribution in [2.24, 2.45) is 33.8 Å². The highest BCUT2D eigenvalue weighted by molar-refractivity contribution is 5.95. The Morgan fingerprint density at radius 2 is 1.61 bits per heavy atom. The molecule has 0 aromatic heterocycles. The summed E-state index contributed by atoms with van der Waals surface area (Å²) >= 11 is 0. The summed E-state index contributed by atoms with van der Waals surface area (Å²) in [5, 5.41) is 12.5. The number of amidine groups is 1. The number of carbonyl (C=O) groups excluding carboxylic acids is 3. The maximum absolute atomic E-state index is 14.4. The molecule has 0 fully saturated rings. The minimum Gasteiger partial charge on any atom is -0.384 e. The SMILES string of the molecule is CCC(C)[C@@H](C(=O)N[C@@H](CCCN=C(N)N)C(N)=O)N(C)C(=O)C(Cc1ccc(C(=N)N)cc1)c1ccc2ccccc2c1. The van der Waals surface area contributed by atoms with Crippen molar-refractivity contribution >= 4 is 40.3 Å².